The second-order valence-electron chi connectivity index (χ2n) is 10.7. The van der Waals surface area contributed by atoms with Gasteiger partial charge in [-0.15, -0.1) is 0 Å². The third kappa shape index (κ3) is 3.97. The van der Waals surface area contributed by atoms with E-state index in [-0.39, 0.29) is 29.9 Å². The minimum Gasteiger partial charge on any atom is -0.355 e. The number of aryl methyl sites for hydroxylation is 1. The molecular weight excluding hydrogens is 484 g/mol. The van der Waals surface area contributed by atoms with Crippen LogP contribution >= 0.6 is 0 Å². The van der Waals surface area contributed by atoms with Crippen molar-refractivity contribution in [3.8, 4) is 0 Å². The Labute approximate surface area is 220 Å². The number of imide groups is 2. The molecule has 3 heterocycles. The van der Waals surface area contributed by atoms with Crippen molar-refractivity contribution in [2.45, 2.75) is 69.7 Å². The highest BCUT2D eigenvalue weighted by atomic mass is 16.2. The van der Waals surface area contributed by atoms with Gasteiger partial charge in [-0.05, 0) is 60.9 Å². The summed E-state index contributed by atoms with van der Waals surface area (Å²) >= 11 is 0. The zero-order chi connectivity index (χ0) is 26.6. The Balaban J connectivity index is 1.39. The number of anilines is 3. The summed E-state index contributed by atoms with van der Waals surface area (Å²) in [6.45, 7) is 0. The molecule has 9 heteroatoms. The van der Waals surface area contributed by atoms with Gasteiger partial charge in [-0.2, -0.15) is 0 Å². The first-order chi connectivity index (χ1) is 18.3. The summed E-state index contributed by atoms with van der Waals surface area (Å²) in [5, 5.41) is 5.69. The molecule has 5 amide bonds. The highest BCUT2D eigenvalue weighted by molar-refractivity contribution is 6.25. The lowest BCUT2D eigenvalue weighted by molar-refractivity contribution is -0.136. The Morgan fingerprint density at radius 1 is 0.868 bits per heavy atom. The maximum atomic E-state index is 13.6. The van der Waals surface area contributed by atoms with Gasteiger partial charge in [-0.3, -0.25) is 34.2 Å². The second-order valence-corrected chi connectivity index (χ2v) is 10.7. The van der Waals surface area contributed by atoms with E-state index >= 15 is 0 Å². The summed E-state index contributed by atoms with van der Waals surface area (Å²) < 4.78 is 0. The Kier molecular flexibility index (Phi) is 6.01. The summed E-state index contributed by atoms with van der Waals surface area (Å²) in [6, 6.07) is 8.26. The van der Waals surface area contributed by atoms with Crippen molar-refractivity contribution in [1.29, 1.82) is 0 Å². The molecule has 0 spiro atoms. The minimum absolute atomic E-state index is 0.0649. The predicted molar refractivity (Wildman–Crippen MR) is 140 cm³/mol. The van der Waals surface area contributed by atoms with Crippen molar-refractivity contribution in [2.24, 2.45) is 0 Å². The molecule has 4 aliphatic rings. The summed E-state index contributed by atoms with van der Waals surface area (Å²) in [5.41, 5.74) is 4.92. The number of carbonyl (C=O) groups is 5. The topological polar surface area (TPSA) is 116 Å². The molecular formula is C29H30N4O5. The van der Waals surface area contributed by atoms with E-state index in [9.17, 15) is 24.0 Å². The Morgan fingerprint density at radius 2 is 1.66 bits per heavy atom. The Morgan fingerprint density at radius 3 is 2.42 bits per heavy atom. The predicted octanol–water partition coefficient (Wildman–Crippen LogP) is 3.79. The van der Waals surface area contributed by atoms with Crippen LogP contribution in [-0.4, -0.2) is 47.5 Å². The zero-order valence-corrected chi connectivity index (χ0v) is 21.3. The van der Waals surface area contributed by atoms with E-state index in [1.807, 2.05) is 6.07 Å². The third-order valence-electron chi connectivity index (χ3n) is 8.38. The van der Waals surface area contributed by atoms with Crippen LogP contribution in [0.5, 0.6) is 0 Å². The quantitative estimate of drug-likeness (QED) is 0.600. The molecule has 1 saturated carbocycles. The van der Waals surface area contributed by atoms with Crippen LogP contribution in [0.1, 0.15) is 89.1 Å². The number of nitrogens with zero attached hydrogens (tertiary/aromatic N) is 2. The van der Waals surface area contributed by atoms with Crippen LogP contribution in [0.25, 0.3) is 0 Å². The monoisotopic (exact) mass is 514 g/mol. The number of fused-ring (bicyclic) bond motifs is 2. The van der Waals surface area contributed by atoms with Gasteiger partial charge in [0.05, 0.1) is 16.8 Å². The number of benzene rings is 2. The largest absolute Gasteiger partial charge is 0.355 e. The second kappa shape index (κ2) is 9.38. The van der Waals surface area contributed by atoms with E-state index in [4.69, 9.17) is 0 Å². The van der Waals surface area contributed by atoms with E-state index in [2.05, 4.69) is 16.7 Å². The van der Waals surface area contributed by atoms with Gasteiger partial charge in [-0.1, -0.05) is 31.4 Å². The average molecular weight is 515 g/mol. The summed E-state index contributed by atoms with van der Waals surface area (Å²) in [7, 11) is 1.78. The highest BCUT2D eigenvalue weighted by Crippen LogP contribution is 2.43. The fraction of sp³-hybridized carbons (Fsp3) is 0.414. The molecule has 0 radical (unpaired) electrons. The van der Waals surface area contributed by atoms with Gasteiger partial charge in [0, 0.05) is 31.3 Å². The molecule has 196 valence electrons. The van der Waals surface area contributed by atoms with Crippen molar-refractivity contribution < 1.29 is 24.0 Å². The molecule has 2 fully saturated rings. The fourth-order valence-corrected chi connectivity index (χ4v) is 6.33. The molecule has 3 aliphatic heterocycles. The lowest BCUT2D eigenvalue weighted by Crippen LogP contribution is -2.54. The number of hydrogen-bond donors (Lipinski definition) is 2. The third-order valence-corrected chi connectivity index (χ3v) is 8.38. The van der Waals surface area contributed by atoms with Crippen molar-refractivity contribution in [3.63, 3.8) is 0 Å². The lowest BCUT2D eigenvalue weighted by atomic mass is 9.81. The average Bonchev–Trinajstić information content (AvgIpc) is 3.17. The van der Waals surface area contributed by atoms with E-state index < -0.39 is 29.7 Å². The molecule has 1 aliphatic carbocycles. The number of rotatable bonds is 4. The van der Waals surface area contributed by atoms with Gasteiger partial charge in [-0.25, -0.2) is 0 Å². The van der Waals surface area contributed by atoms with E-state index in [1.165, 1.54) is 12.0 Å². The number of amides is 5. The van der Waals surface area contributed by atoms with E-state index in [0.29, 0.717) is 24.4 Å². The summed E-state index contributed by atoms with van der Waals surface area (Å²) in [4.78, 5) is 66.1. The fourth-order valence-electron chi connectivity index (χ4n) is 6.33. The van der Waals surface area contributed by atoms with Crippen LogP contribution in [-0.2, 0) is 20.8 Å². The van der Waals surface area contributed by atoms with Gasteiger partial charge in [0.1, 0.15) is 6.04 Å². The zero-order valence-electron chi connectivity index (χ0n) is 21.3. The standard InChI is InChI=1S/C29H30N4O5/c1-32-23-15-21(19(16-6-3-2-4-7-16)14-17(23)10-13-25(32)35)30-20-9-5-8-18-26(20)29(38)33(28(18)37)22-11-12-24(34)31-27(22)36/h5,8-9,14-16,22,30H,2-4,6-7,10-13H2,1H3,(H,31,34,36). The molecule has 0 aromatic heterocycles. The molecule has 2 N–H and O–H groups in total. The smallest absolute Gasteiger partial charge is 0.264 e. The minimum atomic E-state index is -1.02. The van der Waals surface area contributed by atoms with Gasteiger partial charge in [0.2, 0.25) is 17.7 Å². The SMILES string of the molecule is CN1C(=O)CCc2cc(C3CCCCC3)c(Nc3cccc4c3C(=O)N(C3CCC(=O)NC3=O)C4=O)cc21. The number of piperidine rings is 1. The number of carbonyl (C=O) groups excluding carboxylic acids is 5. The van der Waals surface area contributed by atoms with Crippen LogP contribution in [0.15, 0.2) is 30.3 Å². The van der Waals surface area contributed by atoms with Crippen LogP contribution in [0, 0.1) is 0 Å². The van der Waals surface area contributed by atoms with Gasteiger partial charge in [0.15, 0.2) is 0 Å². The van der Waals surface area contributed by atoms with Crippen molar-refractivity contribution in [2.75, 3.05) is 17.3 Å². The molecule has 1 saturated heterocycles. The van der Waals surface area contributed by atoms with Crippen LogP contribution < -0.4 is 15.5 Å². The molecule has 1 atom stereocenters. The molecule has 6 rings (SSSR count). The normalized spacial score (nSPS) is 21.9. The molecule has 2 aromatic rings. The molecule has 38 heavy (non-hydrogen) atoms. The van der Waals surface area contributed by atoms with E-state index in [1.54, 1.807) is 30.1 Å². The first-order valence-corrected chi connectivity index (χ1v) is 13.4. The first-order valence-electron chi connectivity index (χ1n) is 13.4. The summed E-state index contributed by atoms with van der Waals surface area (Å²) in [5.74, 6) is -1.69. The lowest BCUT2D eigenvalue weighted by Gasteiger charge is -2.31. The summed E-state index contributed by atoms with van der Waals surface area (Å²) in [6.07, 6.45) is 7.07. The molecule has 9 nitrogen and oxygen atoms in total. The van der Waals surface area contributed by atoms with Crippen LogP contribution in [0.4, 0.5) is 17.1 Å². The van der Waals surface area contributed by atoms with Crippen LogP contribution in [0.3, 0.4) is 0 Å². The highest BCUT2D eigenvalue weighted by Gasteiger charge is 2.45. The molecule has 1 unspecified atom stereocenters. The number of nitrogens with one attached hydrogen (secondary N) is 2. The molecule has 2 aromatic carbocycles. The van der Waals surface area contributed by atoms with Gasteiger partial charge in [0.25, 0.3) is 11.8 Å². The Bertz CT molecular complexity index is 1390. The van der Waals surface area contributed by atoms with Crippen molar-refractivity contribution in [1.82, 2.24) is 10.2 Å². The van der Waals surface area contributed by atoms with Gasteiger partial charge < -0.3 is 10.2 Å². The molecule has 0 bridgehead atoms. The van der Waals surface area contributed by atoms with E-state index in [0.717, 1.165) is 47.5 Å². The first kappa shape index (κ1) is 24.3. The maximum Gasteiger partial charge on any atom is 0.264 e. The number of hydrogen-bond acceptors (Lipinski definition) is 6. The van der Waals surface area contributed by atoms with Crippen molar-refractivity contribution >= 4 is 46.6 Å². The Hall–Kier alpha value is -4.01. The maximum absolute atomic E-state index is 13.6. The van der Waals surface area contributed by atoms with Crippen molar-refractivity contribution in [3.05, 3.63) is 52.6 Å². The van der Waals surface area contributed by atoms with Gasteiger partial charge >= 0.3 is 0 Å². The van der Waals surface area contributed by atoms with Crippen LogP contribution in [0.2, 0.25) is 0 Å².